The van der Waals surface area contributed by atoms with Crippen molar-refractivity contribution in [3.63, 3.8) is 0 Å². The van der Waals surface area contributed by atoms with Gasteiger partial charge in [0.1, 0.15) is 0 Å². The Kier molecular flexibility index (Phi) is 21.2. The van der Waals surface area contributed by atoms with E-state index in [1.54, 1.807) is 0 Å². The Labute approximate surface area is 190 Å². The lowest BCUT2D eigenvalue weighted by Crippen LogP contribution is -2.41. The van der Waals surface area contributed by atoms with Crippen molar-refractivity contribution in [3.8, 4) is 0 Å². The first-order valence-electron chi connectivity index (χ1n) is 13.6. The summed E-state index contributed by atoms with van der Waals surface area (Å²) in [4.78, 5) is 11.9. The van der Waals surface area contributed by atoms with Crippen molar-refractivity contribution < 1.29 is 9.28 Å². The summed E-state index contributed by atoms with van der Waals surface area (Å²) >= 11 is 0. The first kappa shape index (κ1) is 29.4. The quantitative estimate of drug-likeness (QED) is 0.132. The second kappa shape index (κ2) is 21.7. The molecule has 0 atom stereocenters. The summed E-state index contributed by atoms with van der Waals surface area (Å²) in [6.45, 7) is 7.62. The predicted octanol–water partition coefficient (Wildman–Crippen LogP) is 7.63. The van der Waals surface area contributed by atoms with Gasteiger partial charge in [-0.2, -0.15) is 0 Å². The average Bonchev–Trinajstić information content (AvgIpc) is 2.73. The maximum atomic E-state index is 11.9. The number of amides is 1. The molecule has 0 aromatic rings. The summed E-state index contributed by atoms with van der Waals surface area (Å²) in [6.07, 6.45) is 25.3. The SMILES string of the molecule is CCCCCCCCCCCCCCCCCCCC(=O)NCCC[N+](C)(C)CC. The standard InChI is InChI=1S/C27H56N2O/c1-5-7-8-9-10-11-12-13-14-15-16-17-18-19-20-21-22-24-27(30)28-25-23-26-29(3,4)6-2/h5-26H2,1-4H3/p+1. The molecule has 3 nitrogen and oxygen atoms in total. The summed E-state index contributed by atoms with van der Waals surface area (Å²) < 4.78 is 1.04. The van der Waals surface area contributed by atoms with E-state index in [0.717, 1.165) is 37.0 Å². The minimum Gasteiger partial charge on any atom is -0.356 e. The average molecular weight is 426 g/mol. The fourth-order valence-corrected chi connectivity index (χ4v) is 3.99. The van der Waals surface area contributed by atoms with E-state index in [0.29, 0.717) is 6.42 Å². The van der Waals surface area contributed by atoms with Gasteiger partial charge in [0.15, 0.2) is 0 Å². The van der Waals surface area contributed by atoms with Gasteiger partial charge in [-0.1, -0.05) is 110 Å². The summed E-state index contributed by atoms with van der Waals surface area (Å²) in [5.41, 5.74) is 0. The predicted molar refractivity (Wildman–Crippen MR) is 134 cm³/mol. The van der Waals surface area contributed by atoms with E-state index in [2.05, 4.69) is 33.3 Å². The first-order valence-corrected chi connectivity index (χ1v) is 13.6. The molecule has 3 heteroatoms. The molecular formula is C27H57N2O+. The minimum atomic E-state index is 0.248. The smallest absolute Gasteiger partial charge is 0.219 e. The van der Waals surface area contributed by atoms with Gasteiger partial charge in [-0.3, -0.25) is 4.79 Å². The van der Waals surface area contributed by atoms with E-state index in [4.69, 9.17) is 0 Å². The van der Waals surface area contributed by atoms with Crippen LogP contribution in [0.5, 0.6) is 0 Å². The van der Waals surface area contributed by atoms with E-state index < -0.39 is 0 Å². The van der Waals surface area contributed by atoms with Crippen LogP contribution in [0.25, 0.3) is 0 Å². The summed E-state index contributed by atoms with van der Waals surface area (Å²) in [7, 11) is 4.50. The van der Waals surface area contributed by atoms with Crippen molar-refractivity contribution in [2.24, 2.45) is 0 Å². The first-order chi connectivity index (χ1) is 14.5. The Morgan fingerprint density at radius 1 is 0.600 bits per heavy atom. The highest BCUT2D eigenvalue weighted by atomic mass is 16.1. The molecule has 0 bridgehead atoms. The van der Waals surface area contributed by atoms with Gasteiger partial charge in [0, 0.05) is 19.4 Å². The molecule has 0 aliphatic carbocycles. The number of rotatable bonds is 23. The number of hydrogen-bond donors (Lipinski definition) is 1. The molecule has 1 N–H and O–H groups in total. The molecule has 0 unspecified atom stereocenters. The Hall–Kier alpha value is -0.570. The lowest BCUT2D eigenvalue weighted by atomic mass is 10.0. The molecule has 0 fully saturated rings. The van der Waals surface area contributed by atoms with Gasteiger partial charge in [0.2, 0.25) is 5.91 Å². The Morgan fingerprint density at radius 2 is 1.00 bits per heavy atom. The molecule has 0 aromatic carbocycles. The van der Waals surface area contributed by atoms with Crippen molar-refractivity contribution in [1.82, 2.24) is 5.32 Å². The van der Waals surface area contributed by atoms with Crippen molar-refractivity contribution in [1.29, 1.82) is 0 Å². The zero-order valence-corrected chi connectivity index (χ0v) is 21.4. The maximum Gasteiger partial charge on any atom is 0.219 e. The van der Waals surface area contributed by atoms with Gasteiger partial charge in [0.05, 0.1) is 27.2 Å². The third kappa shape index (κ3) is 22.1. The Balaban J connectivity index is 3.19. The molecule has 0 heterocycles. The number of nitrogens with zero attached hydrogens (tertiary/aromatic N) is 1. The molecule has 0 radical (unpaired) electrons. The van der Waals surface area contributed by atoms with E-state index in [1.807, 2.05) is 0 Å². The number of quaternary nitrogens is 1. The van der Waals surface area contributed by atoms with E-state index in [-0.39, 0.29) is 5.91 Å². The number of nitrogens with one attached hydrogen (secondary N) is 1. The molecule has 0 spiro atoms. The van der Waals surface area contributed by atoms with Crippen molar-refractivity contribution in [2.45, 2.75) is 136 Å². The number of carbonyl (C=O) groups is 1. The van der Waals surface area contributed by atoms with Gasteiger partial charge in [0.25, 0.3) is 0 Å². The van der Waals surface area contributed by atoms with Crippen LogP contribution < -0.4 is 5.32 Å². The minimum absolute atomic E-state index is 0.248. The zero-order chi connectivity index (χ0) is 22.3. The van der Waals surface area contributed by atoms with E-state index >= 15 is 0 Å². The lowest BCUT2D eigenvalue weighted by Gasteiger charge is -2.28. The molecule has 0 aliphatic rings. The van der Waals surface area contributed by atoms with Gasteiger partial charge in [-0.05, 0) is 13.3 Å². The largest absolute Gasteiger partial charge is 0.356 e. The van der Waals surface area contributed by atoms with Crippen LogP contribution in [0.1, 0.15) is 136 Å². The monoisotopic (exact) mass is 425 g/mol. The van der Waals surface area contributed by atoms with Gasteiger partial charge in [-0.25, -0.2) is 0 Å². The lowest BCUT2D eigenvalue weighted by molar-refractivity contribution is -0.888. The summed E-state index contributed by atoms with van der Waals surface area (Å²) in [5, 5.41) is 3.09. The molecule has 0 saturated heterocycles. The van der Waals surface area contributed by atoms with Crippen LogP contribution in [0.4, 0.5) is 0 Å². The fraction of sp³-hybridized carbons (Fsp3) is 0.963. The van der Waals surface area contributed by atoms with E-state index in [1.165, 1.54) is 103 Å². The Bertz CT molecular complexity index is 368. The van der Waals surface area contributed by atoms with Gasteiger partial charge in [-0.15, -0.1) is 0 Å². The van der Waals surface area contributed by atoms with Crippen molar-refractivity contribution in [2.75, 3.05) is 33.7 Å². The van der Waals surface area contributed by atoms with Gasteiger partial charge >= 0.3 is 0 Å². The van der Waals surface area contributed by atoms with Gasteiger partial charge < -0.3 is 9.80 Å². The maximum absolute atomic E-state index is 11.9. The van der Waals surface area contributed by atoms with Crippen LogP contribution >= 0.6 is 0 Å². The highest BCUT2D eigenvalue weighted by molar-refractivity contribution is 5.75. The molecule has 30 heavy (non-hydrogen) atoms. The van der Waals surface area contributed by atoms with Crippen LogP contribution in [0.15, 0.2) is 0 Å². The number of unbranched alkanes of at least 4 members (excludes halogenated alkanes) is 16. The molecule has 0 rings (SSSR count). The Morgan fingerprint density at radius 3 is 1.40 bits per heavy atom. The van der Waals surface area contributed by atoms with Crippen LogP contribution in [0.2, 0.25) is 0 Å². The molecule has 0 aliphatic heterocycles. The fourth-order valence-electron chi connectivity index (χ4n) is 3.99. The number of hydrogen-bond acceptors (Lipinski definition) is 1. The highest BCUT2D eigenvalue weighted by Gasteiger charge is 2.10. The third-order valence-corrected chi connectivity index (χ3v) is 6.63. The molecule has 180 valence electrons. The van der Waals surface area contributed by atoms with Crippen molar-refractivity contribution >= 4 is 5.91 Å². The van der Waals surface area contributed by atoms with Crippen LogP contribution in [0.3, 0.4) is 0 Å². The normalized spacial score (nSPS) is 11.7. The molecule has 1 amide bonds. The highest BCUT2D eigenvalue weighted by Crippen LogP contribution is 2.14. The summed E-state index contributed by atoms with van der Waals surface area (Å²) in [5.74, 6) is 0.248. The van der Waals surface area contributed by atoms with Crippen molar-refractivity contribution in [3.05, 3.63) is 0 Å². The zero-order valence-electron chi connectivity index (χ0n) is 21.4. The summed E-state index contributed by atoms with van der Waals surface area (Å²) in [6, 6.07) is 0. The second-order valence-electron chi connectivity index (χ2n) is 10.1. The molecule has 0 aromatic heterocycles. The second-order valence-corrected chi connectivity index (χ2v) is 10.1. The molecular weight excluding hydrogens is 368 g/mol. The van der Waals surface area contributed by atoms with Crippen LogP contribution in [0, 0.1) is 0 Å². The molecule has 0 saturated carbocycles. The van der Waals surface area contributed by atoms with Crippen LogP contribution in [-0.2, 0) is 4.79 Å². The van der Waals surface area contributed by atoms with E-state index in [9.17, 15) is 4.79 Å². The van der Waals surface area contributed by atoms with Crippen LogP contribution in [-0.4, -0.2) is 44.1 Å². The third-order valence-electron chi connectivity index (χ3n) is 6.63. The topological polar surface area (TPSA) is 29.1 Å². The number of carbonyl (C=O) groups excluding carboxylic acids is 1.